The highest BCUT2D eigenvalue weighted by Gasteiger charge is 2.43. The van der Waals surface area contributed by atoms with Crippen LogP contribution in [0.25, 0.3) is 11.1 Å². The number of carboxylic acids is 1. The number of alkyl carbamates (subject to hydrolysis) is 1. The summed E-state index contributed by atoms with van der Waals surface area (Å²) in [6, 6.07) is 16.2. The highest BCUT2D eigenvalue weighted by atomic mass is 16.5. The SMILES string of the molecule is CC1=CCC(NC(=O)OCC2c3ccccc3-c3ccccc32)(C(=O)O)C1. The van der Waals surface area contributed by atoms with Crippen LogP contribution in [0.3, 0.4) is 0 Å². The van der Waals surface area contributed by atoms with E-state index < -0.39 is 17.6 Å². The zero-order chi connectivity index (χ0) is 19.0. The minimum Gasteiger partial charge on any atom is -0.479 e. The average Bonchev–Trinajstić information content (AvgIpc) is 3.19. The van der Waals surface area contributed by atoms with Crippen LogP contribution in [0.1, 0.15) is 36.8 Å². The molecule has 0 heterocycles. The lowest BCUT2D eigenvalue weighted by Crippen LogP contribution is -2.53. The first-order chi connectivity index (χ1) is 13.0. The Bertz CT molecular complexity index is 903. The molecule has 5 heteroatoms. The van der Waals surface area contributed by atoms with Crippen LogP contribution >= 0.6 is 0 Å². The molecule has 2 aromatic carbocycles. The lowest BCUT2D eigenvalue weighted by molar-refractivity contribution is -0.144. The van der Waals surface area contributed by atoms with Gasteiger partial charge >= 0.3 is 12.1 Å². The van der Waals surface area contributed by atoms with Crippen LogP contribution < -0.4 is 5.32 Å². The van der Waals surface area contributed by atoms with Gasteiger partial charge in [0, 0.05) is 12.3 Å². The van der Waals surface area contributed by atoms with Gasteiger partial charge in [-0.05, 0) is 35.6 Å². The van der Waals surface area contributed by atoms with Crippen LogP contribution in [0.15, 0.2) is 60.2 Å². The van der Waals surface area contributed by atoms with Gasteiger partial charge in [0.2, 0.25) is 0 Å². The van der Waals surface area contributed by atoms with Crippen LogP contribution in [0.2, 0.25) is 0 Å². The summed E-state index contributed by atoms with van der Waals surface area (Å²) >= 11 is 0. The van der Waals surface area contributed by atoms with Crippen LogP contribution in [0.4, 0.5) is 4.79 Å². The largest absolute Gasteiger partial charge is 0.479 e. The first-order valence-electron chi connectivity index (χ1n) is 9.02. The molecule has 2 aliphatic rings. The first kappa shape index (κ1) is 17.3. The van der Waals surface area contributed by atoms with Crippen molar-refractivity contribution in [2.24, 2.45) is 0 Å². The molecule has 1 unspecified atom stereocenters. The number of nitrogens with one attached hydrogen (secondary N) is 1. The highest BCUT2D eigenvalue weighted by molar-refractivity contribution is 5.86. The Kier molecular flexibility index (Phi) is 4.22. The molecule has 1 atom stereocenters. The lowest BCUT2D eigenvalue weighted by atomic mass is 9.96. The van der Waals surface area contributed by atoms with Crippen molar-refractivity contribution in [3.05, 3.63) is 71.3 Å². The zero-order valence-corrected chi connectivity index (χ0v) is 15.1. The van der Waals surface area contributed by atoms with E-state index in [9.17, 15) is 14.7 Å². The van der Waals surface area contributed by atoms with Crippen molar-refractivity contribution >= 4 is 12.1 Å². The van der Waals surface area contributed by atoms with Crippen LogP contribution in [0, 0.1) is 0 Å². The van der Waals surface area contributed by atoms with E-state index in [0.29, 0.717) is 6.42 Å². The molecule has 138 valence electrons. The topological polar surface area (TPSA) is 75.6 Å². The minimum absolute atomic E-state index is 0.0487. The molecule has 0 radical (unpaired) electrons. The van der Waals surface area contributed by atoms with Crippen molar-refractivity contribution in [1.29, 1.82) is 0 Å². The van der Waals surface area contributed by atoms with Crippen molar-refractivity contribution in [2.45, 2.75) is 31.2 Å². The molecular weight excluding hydrogens is 342 g/mol. The van der Waals surface area contributed by atoms with E-state index in [-0.39, 0.29) is 18.9 Å². The average molecular weight is 363 g/mol. The number of ether oxygens (including phenoxy) is 1. The van der Waals surface area contributed by atoms with Crippen molar-refractivity contribution in [3.8, 4) is 11.1 Å². The third-order valence-electron chi connectivity index (χ3n) is 5.47. The maximum atomic E-state index is 12.4. The number of hydrogen-bond donors (Lipinski definition) is 2. The van der Waals surface area contributed by atoms with Gasteiger partial charge in [0.1, 0.15) is 12.1 Å². The summed E-state index contributed by atoms with van der Waals surface area (Å²) in [7, 11) is 0. The Morgan fingerprint density at radius 1 is 1.11 bits per heavy atom. The second-order valence-electron chi connectivity index (χ2n) is 7.27. The number of aliphatic carboxylic acids is 1. The molecule has 0 fully saturated rings. The van der Waals surface area contributed by atoms with Crippen molar-refractivity contribution in [1.82, 2.24) is 5.32 Å². The summed E-state index contributed by atoms with van der Waals surface area (Å²) < 4.78 is 5.48. The molecule has 0 saturated carbocycles. The number of carbonyl (C=O) groups is 2. The molecule has 1 amide bonds. The number of carboxylic acid groups (broad SMARTS) is 1. The molecule has 0 bridgehead atoms. The molecule has 0 aromatic heterocycles. The standard InChI is InChI=1S/C22H21NO4/c1-14-10-11-22(12-14,20(24)25)23-21(26)27-13-19-17-8-4-2-6-15(17)16-7-3-5-9-18(16)19/h2-10,19H,11-13H2,1H3,(H,23,26)(H,24,25). The van der Waals surface area contributed by atoms with Gasteiger partial charge < -0.3 is 15.2 Å². The van der Waals surface area contributed by atoms with E-state index in [0.717, 1.165) is 27.8 Å². The van der Waals surface area contributed by atoms with E-state index in [4.69, 9.17) is 4.74 Å². The number of amides is 1. The number of hydrogen-bond acceptors (Lipinski definition) is 3. The smallest absolute Gasteiger partial charge is 0.408 e. The predicted molar refractivity (Wildman–Crippen MR) is 102 cm³/mol. The van der Waals surface area contributed by atoms with E-state index in [1.54, 1.807) is 0 Å². The summed E-state index contributed by atoms with van der Waals surface area (Å²) in [6.45, 7) is 2.03. The van der Waals surface area contributed by atoms with Gasteiger partial charge in [0.05, 0.1) is 0 Å². The summed E-state index contributed by atoms with van der Waals surface area (Å²) in [5.74, 6) is -1.09. The minimum atomic E-state index is -1.30. The molecule has 27 heavy (non-hydrogen) atoms. The van der Waals surface area contributed by atoms with Gasteiger partial charge in [-0.25, -0.2) is 9.59 Å². The maximum Gasteiger partial charge on any atom is 0.408 e. The summed E-state index contributed by atoms with van der Waals surface area (Å²) in [4.78, 5) is 24.1. The predicted octanol–water partition coefficient (Wildman–Crippen LogP) is 4.09. The van der Waals surface area contributed by atoms with E-state index >= 15 is 0 Å². The lowest BCUT2D eigenvalue weighted by Gasteiger charge is -2.26. The molecule has 2 N–H and O–H groups in total. The third-order valence-corrected chi connectivity index (χ3v) is 5.47. The number of carbonyl (C=O) groups excluding carboxylic acids is 1. The fourth-order valence-corrected chi connectivity index (χ4v) is 4.11. The second-order valence-corrected chi connectivity index (χ2v) is 7.27. The zero-order valence-electron chi connectivity index (χ0n) is 15.1. The van der Waals surface area contributed by atoms with Gasteiger partial charge in [-0.3, -0.25) is 0 Å². The second kappa shape index (κ2) is 6.58. The molecular formula is C22H21NO4. The Hall–Kier alpha value is -3.08. The third kappa shape index (κ3) is 2.99. The Balaban J connectivity index is 1.49. The molecule has 0 aliphatic heterocycles. The fraction of sp³-hybridized carbons (Fsp3) is 0.273. The van der Waals surface area contributed by atoms with Crippen molar-refractivity contribution in [3.63, 3.8) is 0 Å². The highest BCUT2D eigenvalue weighted by Crippen LogP contribution is 2.44. The molecule has 0 saturated heterocycles. The van der Waals surface area contributed by atoms with Crippen LogP contribution in [-0.4, -0.2) is 29.3 Å². The Morgan fingerprint density at radius 2 is 1.70 bits per heavy atom. The number of benzene rings is 2. The van der Waals surface area contributed by atoms with Crippen molar-refractivity contribution < 1.29 is 19.4 Å². The maximum absolute atomic E-state index is 12.4. The summed E-state index contributed by atoms with van der Waals surface area (Å²) in [5, 5.41) is 12.1. The van der Waals surface area contributed by atoms with Gasteiger partial charge in [0.15, 0.2) is 0 Å². The van der Waals surface area contributed by atoms with Crippen LogP contribution in [0.5, 0.6) is 0 Å². The van der Waals surface area contributed by atoms with Gasteiger partial charge in [-0.2, -0.15) is 0 Å². The Morgan fingerprint density at radius 3 is 2.22 bits per heavy atom. The first-order valence-corrected chi connectivity index (χ1v) is 9.02. The van der Waals surface area contributed by atoms with E-state index in [1.165, 1.54) is 0 Å². The Labute approximate surface area is 157 Å². The normalized spacial score (nSPS) is 20.6. The summed E-state index contributed by atoms with van der Waals surface area (Å²) in [5.41, 5.74) is 4.21. The van der Waals surface area contributed by atoms with Crippen molar-refractivity contribution in [2.75, 3.05) is 6.61 Å². The molecule has 0 spiro atoms. The quantitative estimate of drug-likeness (QED) is 0.803. The number of fused-ring (bicyclic) bond motifs is 3. The van der Waals surface area contributed by atoms with E-state index in [2.05, 4.69) is 17.4 Å². The summed E-state index contributed by atoms with van der Waals surface area (Å²) in [6.07, 6.45) is 1.73. The molecule has 5 nitrogen and oxygen atoms in total. The van der Waals surface area contributed by atoms with Crippen LogP contribution in [-0.2, 0) is 9.53 Å². The molecule has 2 aromatic rings. The van der Waals surface area contributed by atoms with Gasteiger partial charge in [0.25, 0.3) is 0 Å². The van der Waals surface area contributed by atoms with Gasteiger partial charge in [-0.1, -0.05) is 60.2 Å². The van der Waals surface area contributed by atoms with Gasteiger partial charge in [-0.15, -0.1) is 0 Å². The fourth-order valence-electron chi connectivity index (χ4n) is 4.11. The van der Waals surface area contributed by atoms with E-state index in [1.807, 2.05) is 49.4 Å². The monoisotopic (exact) mass is 363 g/mol. The molecule has 4 rings (SSSR count). The number of rotatable bonds is 4. The molecule has 2 aliphatic carbocycles.